The standard InChI is InChI=1S/C14H34OSi2/c1-11-12(2)17(9,10)15-13(3)16(7,8)14(4,5)6/h12-13H,11H2,1-10H3/t12-,13?/m0/s1. The highest BCUT2D eigenvalue weighted by Gasteiger charge is 2.43. The van der Waals surface area contributed by atoms with Crippen LogP contribution in [0.4, 0.5) is 0 Å². The topological polar surface area (TPSA) is 9.23 Å². The molecule has 0 N–H and O–H groups in total. The highest BCUT2D eigenvalue weighted by molar-refractivity contribution is 6.82. The summed E-state index contributed by atoms with van der Waals surface area (Å²) in [6.45, 7) is 23.8. The van der Waals surface area contributed by atoms with E-state index >= 15 is 0 Å². The summed E-state index contributed by atoms with van der Waals surface area (Å²) in [5, 5.41) is 0.409. The van der Waals surface area contributed by atoms with Crippen LogP contribution in [0.25, 0.3) is 0 Å². The fraction of sp³-hybridized carbons (Fsp3) is 1.00. The van der Waals surface area contributed by atoms with Gasteiger partial charge >= 0.3 is 0 Å². The predicted molar refractivity (Wildman–Crippen MR) is 84.9 cm³/mol. The first-order valence-electron chi connectivity index (χ1n) is 7.04. The zero-order valence-electron chi connectivity index (χ0n) is 13.8. The quantitative estimate of drug-likeness (QED) is 0.606. The lowest BCUT2D eigenvalue weighted by Gasteiger charge is -2.45. The van der Waals surface area contributed by atoms with E-state index in [0.717, 1.165) is 5.54 Å². The normalized spacial score (nSPS) is 18.0. The number of hydrogen-bond acceptors (Lipinski definition) is 1. The number of hydrogen-bond donors (Lipinski definition) is 0. The molecule has 0 saturated heterocycles. The van der Waals surface area contributed by atoms with Crippen LogP contribution in [0.3, 0.4) is 0 Å². The Morgan fingerprint density at radius 3 is 1.71 bits per heavy atom. The lowest BCUT2D eigenvalue weighted by Crippen LogP contribution is -2.53. The van der Waals surface area contributed by atoms with Crippen LogP contribution in [0.15, 0.2) is 0 Å². The molecule has 0 saturated carbocycles. The van der Waals surface area contributed by atoms with E-state index in [0.29, 0.717) is 10.8 Å². The van der Waals surface area contributed by atoms with Crippen LogP contribution >= 0.6 is 0 Å². The van der Waals surface area contributed by atoms with E-state index in [9.17, 15) is 0 Å². The monoisotopic (exact) mass is 274 g/mol. The largest absolute Gasteiger partial charge is 0.417 e. The summed E-state index contributed by atoms with van der Waals surface area (Å²) in [6.07, 6.45) is 1.24. The summed E-state index contributed by atoms with van der Waals surface area (Å²) in [4.78, 5) is 0. The molecular weight excluding hydrogens is 240 g/mol. The third-order valence-corrected chi connectivity index (χ3v) is 15.2. The van der Waals surface area contributed by atoms with Crippen molar-refractivity contribution in [3.05, 3.63) is 0 Å². The Hall–Kier alpha value is 0.394. The predicted octanol–water partition coefficient (Wildman–Crippen LogP) is 5.44. The summed E-state index contributed by atoms with van der Waals surface area (Å²) in [5.74, 6) is 0. The molecule has 0 aromatic heterocycles. The Kier molecular flexibility index (Phi) is 5.71. The number of rotatable bonds is 5. The van der Waals surface area contributed by atoms with Gasteiger partial charge in [-0.3, -0.25) is 0 Å². The molecule has 0 rings (SSSR count). The summed E-state index contributed by atoms with van der Waals surface area (Å²) in [7, 11) is -2.89. The van der Waals surface area contributed by atoms with Gasteiger partial charge in [0.25, 0.3) is 0 Å². The lowest BCUT2D eigenvalue weighted by atomic mass is 10.2. The fourth-order valence-electron chi connectivity index (χ4n) is 1.82. The molecule has 0 aromatic rings. The summed E-state index contributed by atoms with van der Waals surface area (Å²) >= 11 is 0. The van der Waals surface area contributed by atoms with E-state index in [1.807, 2.05) is 0 Å². The van der Waals surface area contributed by atoms with Gasteiger partial charge in [-0.05, 0) is 30.6 Å². The summed E-state index contributed by atoms with van der Waals surface area (Å²) in [6, 6.07) is 0. The highest BCUT2D eigenvalue weighted by atomic mass is 28.4. The maximum absolute atomic E-state index is 6.58. The van der Waals surface area contributed by atoms with Crippen LogP contribution in [0.1, 0.15) is 48.0 Å². The van der Waals surface area contributed by atoms with Gasteiger partial charge in [-0.25, -0.2) is 0 Å². The Bertz CT molecular complexity index is 241. The molecule has 0 fully saturated rings. The maximum atomic E-state index is 6.58. The smallest absolute Gasteiger partial charge is 0.189 e. The molecule has 0 amide bonds. The van der Waals surface area contributed by atoms with Gasteiger partial charge in [0.15, 0.2) is 8.32 Å². The van der Waals surface area contributed by atoms with E-state index in [-0.39, 0.29) is 0 Å². The molecule has 0 radical (unpaired) electrons. The van der Waals surface area contributed by atoms with Gasteiger partial charge in [0, 0.05) is 5.73 Å². The molecule has 0 heterocycles. The first kappa shape index (κ1) is 17.4. The summed E-state index contributed by atoms with van der Waals surface area (Å²) in [5.41, 5.74) is 1.20. The molecule has 2 atom stereocenters. The molecule has 0 bridgehead atoms. The second-order valence-electron chi connectivity index (χ2n) is 7.64. The lowest BCUT2D eigenvalue weighted by molar-refractivity contribution is 0.264. The average molecular weight is 275 g/mol. The van der Waals surface area contributed by atoms with Gasteiger partial charge in [0.05, 0.1) is 8.07 Å². The Labute approximate surface area is 111 Å². The molecule has 0 spiro atoms. The second kappa shape index (κ2) is 5.58. The zero-order chi connectivity index (χ0) is 14.1. The SMILES string of the molecule is CC[C@H](C)[Si](C)(C)OC(C)[Si](C)(C)C(C)(C)C. The van der Waals surface area contributed by atoms with Crippen LogP contribution in [0, 0.1) is 0 Å². The third-order valence-electron chi connectivity index (χ3n) is 5.23. The van der Waals surface area contributed by atoms with Crippen molar-refractivity contribution in [2.75, 3.05) is 0 Å². The van der Waals surface area contributed by atoms with Crippen molar-refractivity contribution >= 4 is 16.4 Å². The van der Waals surface area contributed by atoms with Crippen LogP contribution in [0.2, 0.25) is 36.8 Å². The maximum Gasteiger partial charge on any atom is 0.189 e. The van der Waals surface area contributed by atoms with Crippen LogP contribution in [-0.4, -0.2) is 22.1 Å². The van der Waals surface area contributed by atoms with E-state index < -0.39 is 16.4 Å². The van der Waals surface area contributed by atoms with Gasteiger partial charge in [0.1, 0.15) is 0 Å². The molecule has 0 aromatic carbocycles. The highest BCUT2D eigenvalue weighted by Crippen LogP contribution is 2.40. The molecule has 0 aliphatic rings. The third kappa shape index (κ3) is 4.21. The zero-order valence-corrected chi connectivity index (χ0v) is 15.8. The molecular formula is C14H34OSi2. The molecule has 0 aliphatic carbocycles. The van der Waals surface area contributed by atoms with E-state index in [2.05, 4.69) is 67.7 Å². The average Bonchev–Trinajstić information content (AvgIpc) is 2.13. The van der Waals surface area contributed by atoms with Gasteiger partial charge in [-0.2, -0.15) is 0 Å². The Morgan fingerprint density at radius 1 is 1.00 bits per heavy atom. The van der Waals surface area contributed by atoms with Gasteiger partial charge in [-0.15, -0.1) is 0 Å². The first-order chi connectivity index (χ1) is 7.36. The van der Waals surface area contributed by atoms with E-state index in [1.54, 1.807) is 0 Å². The minimum absolute atomic E-state index is 0.409. The minimum Gasteiger partial charge on any atom is -0.417 e. The van der Waals surface area contributed by atoms with Crippen molar-refractivity contribution in [1.82, 2.24) is 0 Å². The van der Waals surface area contributed by atoms with Crippen molar-refractivity contribution in [2.24, 2.45) is 0 Å². The van der Waals surface area contributed by atoms with Crippen molar-refractivity contribution < 1.29 is 4.43 Å². The molecule has 0 aliphatic heterocycles. The fourth-order valence-corrected chi connectivity index (χ4v) is 7.26. The summed E-state index contributed by atoms with van der Waals surface area (Å²) < 4.78 is 6.58. The van der Waals surface area contributed by atoms with Crippen LogP contribution in [-0.2, 0) is 4.43 Å². The molecule has 1 nitrogen and oxygen atoms in total. The molecule has 1 unspecified atom stereocenters. The van der Waals surface area contributed by atoms with Gasteiger partial charge in [0.2, 0.25) is 0 Å². The van der Waals surface area contributed by atoms with Crippen molar-refractivity contribution in [3.63, 3.8) is 0 Å². The van der Waals surface area contributed by atoms with Crippen LogP contribution in [0.5, 0.6) is 0 Å². The van der Waals surface area contributed by atoms with E-state index in [1.165, 1.54) is 6.42 Å². The molecule has 3 heteroatoms. The van der Waals surface area contributed by atoms with Crippen LogP contribution < -0.4 is 0 Å². The second-order valence-corrected chi connectivity index (χ2v) is 17.8. The first-order valence-corrected chi connectivity index (χ1v) is 13.1. The van der Waals surface area contributed by atoms with E-state index in [4.69, 9.17) is 4.43 Å². The molecule has 104 valence electrons. The minimum atomic E-state index is -1.52. The molecule has 17 heavy (non-hydrogen) atoms. The van der Waals surface area contributed by atoms with Crippen molar-refractivity contribution in [1.29, 1.82) is 0 Å². The van der Waals surface area contributed by atoms with Crippen molar-refractivity contribution in [2.45, 2.75) is 90.5 Å². The van der Waals surface area contributed by atoms with Gasteiger partial charge < -0.3 is 4.43 Å². The van der Waals surface area contributed by atoms with Crippen molar-refractivity contribution in [3.8, 4) is 0 Å². The Morgan fingerprint density at radius 2 is 1.41 bits per heavy atom. The van der Waals surface area contributed by atoms with Gasteiger partial charge in [-0.1, -0.05) is 54.1 Å². The Balaban J connectivity index is 4.81.